The minimum absolute atomic E-state index is 0.414. The quantitative estimate of drug-likeness (QED) is 0.607. The molecule has 0 spiro atoms. The molecule has 0 amide bonds. The SMILES string of the molecule is Nc1nc2cc(Cl)c(Cl)cc2n1-c1ccccc1I. The smallest absolute Gasteiger partial charge is 0.205 e. The van der Waals surface area contributed by atoms with Crippen LogP contribution in [0.25, 0.3) is 16.7 Å². The summed E-state index contributed by atoms with van der Waals surface area (Å²) in [6.45, 7) is 0. The molecular weight excluding hydrogens is 396 g/mol. The van der Waals surface area contributed by atoms with Gasteiger partial charge in [-0.2, -0.15) is 0 Å². The van der Waals surface area contributed by atoms with Crippen LogP contribution >= 0.6 is 45.8 Å². The zero-order valence-electron chi connectivity index (χ0n) is 9.57. The molecule has 3 aromatic rings. The van der Waals surface area contributed by atoms with E-state index in [9.17, 15) is 0 Å². The number of halogens is 3. The fourth-order valence-corrected chi connectivity index (χ4v) is 2.92. The summed E-state index contributed by atoms with van der Waals surface area (Å²) in [6.07, 6.45) is 0. The van der Waals surface area contributed by atoms with Gasteiger partial charge in [-0.05, 0) is 46.9 Å². The highest BCUT2D eigenvalue weighted by molar-refractivity contribution is 14.1. The molecule has 0 saturated carbocycles. The summed E-state index contributed by atoms with van der Waals surface area (Å²) in [5.41, 5.74) is 8.56. The molecule has 3 nitrogen and oxygen atoms in total. The van der Waals surface area contributed by atoms with E-state index >= 15 is 0 Å². The fourth-order valence-electron chi connectivity index (χ4n) is 1.98. The first-order valence-electron chi connectivity index (χ1n) is 5.46. The first kappa shape index (κ1) is 13.0. The summed E-state index contributed by atoms with van der Waals surface area (Å²) in [5, 5.41) is 0.961. The van der Waals surface area contributed by atoms with Gasteiger partial charge in [-0.1, -0.05) is 35.3 Å². The summed E-state index contributed by atoms with van der Waals surface area (Å²) in [5.74, 6) is 0.414. The van der Waals surface area contributed by atoms with Crippen molar-refractivity contribution in [2.45, 2.75) is 0 Å². The standard InChI is InChI=1S/C13H8Cl2IN3/c14-7-5-10-12(6-8(7)15)19(13(17)18-10)11-4-2-1-3-9(11)16/h1-6H,(H2,17,18). The van der Waals surface area contributed by atoms with Crippen LogP contribution in [0, 0.1) is 3.57 Å². The van der Waals surface area contributed by atoms with E-state index in [2.05, 4.69) is 27.6 Å². The van der Waals surface area contributed by atoms with Crippen molar-refractivity contribution in [3.8, 4) is 5.69 Å². The number of fused-ring (bicyclic) bond motifs is 1. The molecule has 0 bridgehead atoms. The Morgan fingerprint density at radius 1 is 1.11 bits per heavy atom. The Hall–Kier alpha value is -0.980. The van der Waals surface area contributed by atoms with Gasteiger partial charge in [-0.15, -0.1) is 0 Å². The summed E-state index contributed by atoms with van der Waals surface area (Å²) in [7, 11) is 0. The molecule has 0 aliphatic heterocycles. The number of nitrogen functional groups attached to an aromatic ring is 1. The second-order valence-corrected chi connectivity index (χ2v) is 5.99. The van der Waals surface area contributed by atoms with Gasteiger partial charge in [0.2, 0.25) is 5.95 Å². The van der Waals surface area contributed by atoms with Crippen molar-refractivity contribution in [2.75, 3.05) is 5.73 Å². The maximum atomic E-state index is 6.08. The van der Waals surface area contributed by atoms with E-state index in [1.165, 1.54) is 0 Å². The summed E-state index contributed by atoms with van der Waals surface area (Å²) in [6, 6.07) is 11.4. The zero-order valence-corrected chi connectivity index (χ0v) is 13.2. The van der Waals surface area contributed by atoms with E-state index in [-0.39, 0.29) is 0 Å². The number of hydrogen-bond donors (Lipinski definition) is 1. The average Bonchev–Trinajstić information content (AvgIpc) is 2.66. The maximum absolute atomic E-state index is 6.08. The normalized spacial score (nSPS) is 11.1. The van der Waals surface area contributed by atoms with Gasteiger partial charge in [0.1, 0.15) is 0 Å². The van der Waals surface area contributed by atoms with Crippen LogP contribution in [0.5, 0.6) is 0 Å². The third-order valence-corrected chi connectivity index (χ3v) is 4.45. The Labute approximate surface area is 133 Å². The lowest BCUT2D eigenvalue weighted by Crippen LogP contribution is -2.02. The molecule has 0 aliphatic rings. The second-order valence-electron chi connectivity index (χ2n) is 4.01. The highest BCUT2D eigenvalue weighted by Gasteiger charge is 2.14. The van der Waals surface area contributed by atoms with Crippen molar-refractivity contribution in [3.05, 3.63) is 50.0 Å². The third kappa shape index (κ3) is 2.17. The zero-order chi connectivity index (χ0) is 13.6. The van der Waals surface area contributed by atoms with Crippen molar-refractivity contribution in [2.24, 2.45) is 0 Å². The van der Waals surface area contributed by atoms with Crippen molar-refractivity contribution >= 4 is 62.8 Å². The molecule has 0 aliphatic carbocycles. The van der Waals surface area contributed by atoms with Gasteiger partial charge >= 0.3 is 0 Å². The van der Waals surface area contributed by atoms with Crippen LogP contribution in [-0.2, 0) is 0 Å². The van der Waals surface area contributed by atoms with Crippen LogP contribution in [0.3, 0.4) is 0 Å². The predicted molar refractivity (Wildman–Crippen MR) is 88.2 cm³/mol. The van der Waals surface area contributed by atoms with Gasteiger partial charge < -0.3 is 5.73 Å². The average molecular weight is 404 g/mol. The summed E-state index contributed by atoms with van der Waals surface area (Å²) < 4.78 is 2.96. The number of imidazole rings is 1. The van der Waals surface area contributed by atoms with Crippen LogP contribution in [-0.4, -0.2) is 9.55 Å². The Bertz CT molecular complexity index is 783. The van der Waals surface area contributed by atoms with Gasteiger partial charge in [-0.3, -0.25) is 4.57 Å². The molecule has 1 aromatic heterocycles. The number of anilines is 1. The Morgan fingerprint density at radius 3 is 2.53 bits per heavy atom. The van der Waals surface area contributed by atoms with Crippen molar-refractivity contribution in [3.63, 3.8) is 0 Å². The van der Waals surface area contributed by atoms with Gasteiger partial charge in [-0.25, -0.2) is 4.98 Å². The third-order valence-electron chi connectivity index (χ3n) is 2.82. The first-order valence-corrected chi connectivity index (χ1v) is 7.29. The summed E-state index contributed by atoms with van der Waals surface area (Å²) in [4.78, 5) is 4.33. The molecule has 3 rings (SSSR count). The monoisotopic (exact) mass is 403 g/mol. The lowest BCUT2D eigenvalue weighted by atomic mass is 10.3. The number of rotatable bonds is 1. The highest BCUT2D eigenvalue weighted by Crippen LogP contribution is 2.31. The van der Waals surface area contributed by atoms with Gasteiger partial charge in [0.15, 0.2) is 0 Å². The molecule has 6 heteroatoms. The van der Waals surface area contributed by atoms with Gasteiger partial charge in [0.05, 0.1) is 26.8 Å². The maximum Gasteiger partial charge on any atom is 0.205 e. The number of benzene rings is 2. The molecule has 0 fully saturated rings. The molecule has 0 unspecified atom stereocenters. The lowest BCUT2D eigenvalue weighted by molar-refractivity contribution is 1.10. The molecule has 2 N–H and O–H groups in total. The van der Waals surface area contributed by atoms with Crippen LogP contribution in [0.4, 0.5) is 5.95 Å². The number of nitrogens with zero attached hydrogens (tertiary/aromatic N) is 2. The molecule has 19 heavy (non-hydrogen) atoms. The molecular formula is C13H8Cl2IN3. The molecule has 0 radical (unpaired) electrons. The molecule has 1 heterocycles. The minimum Gasteiger partial charge on any atom is -0.369 e. The minimum atomic E-state index is 0.414. The largest absolute Gasteiger partial charge is 0.369 e. The van der Waals surface area contributed by atoms with E-state index in [0.29, 0.717) is 16.0 Å². The lowest BCUT2D eigenvalue weighted by Gasteiger charge is -2.09. The number of nitrogens with two attached hydrogens (primary N) is 1. The predicted octanol–water partition coefficient (Wildman–Crippen LogP) is 4.52. The van der Waals surface area contributed by atoms with Crippen LogP contribution in [0.2, 0.25) is 10.0 Å². The van der Waals surface area contributed by atoms with E-state index < -0.39 is 0 Å². The van der Waals surface area contributed by atoms with E-state index in [1.54, 1.807) is 12.1 Å². The topological polar surface area (TPSA) is 43.8 Å². The van der Waals surface area contributed by atoms with Crippen LogP contribution < -0.4 is 5.73 Å². The van der Waals surface area contributed by atoms with Crippen LogP contribution in [0.15, 0.2) is 36.4 Å². The molecule has 96 valence electrons. The molecule has 2 aromatic carbocycles. The number of para-hydroxylation sites is 1. The van der Waals surface area contributed by atoms with E-state index in [4.69, 9.17) is 28.9 Å². The van der Waals surface area contributed by atoms with Crippen molar-refractivity contribution < 1.29 is 0 Å². The molecule has 0 atom stereocenters. The van der Waals surface area contributed by atoms with E-state index in [1.807, 2.05) is 28.8 Å². The Kier molecular flexibility index (Phi) is 3.32. The summed E-state index contributed by atoms with van der Waals surface area (Å²) >= 11 is 14.3. The van der Waals surface area contributed by atoms with Gasteiger partial charge in [0.25, 0.3) is 0 Å². The second kappa shape index (κ2) is 4.85. The Balaban J connectivity index is 2.38. The number of hydrogen-bond acceptors (Lipinski definition) is 2. The number of aromatic nitrogens is 2. The first-order chi connectivity index (χ1) is 9.08. The van der Waals surface area contributed by atoms with Crippen LogP contribution in [0.1, 0.15) is 0 Å². The van der Waals surface area contributed by atoms with Crippen molar-refractivity contribution in [1.29, 1.82) is 0 Å². The highest BCUT2D eigenvalue weighted by atomic mass is 127. The van der Waals surface area contributed by atoms with Gasteiger partial charge in [0, 0.05) is 3.57 Å². The van der Waals surface area contributed by atoms with Crippen molar-refractivity contribution in [1.82, 2.24) is 9.55 Å². The fraction of sp³-hybridized carbons (Fsp3) is 0. The van der Waals surface area contributed by atoms with E-state index in [0.717, 1.165) is 20.3 Å². The Morgan fingerprint density at radius 2 is 1.79 bits per heavy atom. The molecule has 0 saturated heterocycles.